The molecule has 3 heteroatoms. The predicted molar refractivity (Wildman–Crippen MR) is 80.9 cm³/mol. The minimum absolute atomic E-state index is 0.325. The van der Waals surface area contributed by atoms with Gasteiger partial charge in [0.05, 0.1) is 6.10 Å². The van der Waals surface area contributed by atoms with E-state index in [0.29, 0.717) is 0 Å². The summed E-state index contributed by atoms with van der Waals surface area (Å²) in [6.07, 6.45) is 2.87. The van der Waals surface area contributed by atoms with Crippen LogP contribution in [0, 0.1) is 0 Å². The monoisotopic (exact) mass is 273 g/mol. The van der Waals surface area contributed by atoms with E-state index in [2.05, 4.69) is 29.2 Å². The Morgan fingerprint density at radius 1 is 1.21 bits per heavy atom. The zero-order valence-electron chi connectivity index (χ0n) is 11.0. The van der Waals surface area contributed by atoms with Crippen molar-refractivity contribution in [2.75, 3.05) is 18.0 Å². The van der Waals surface area contributed by atoms with E-state index in [-0.39, 0.29) is 6.10 Å². The number of aliphatic hydroxyl groups excluding tert-OH is 1. The zero-order chi connectivity index (χ0) is 13.1. The van der Waals surface area contributed by atoms with Gasteiger partial charge in [0.1, 0.15) is 0 Å². The molecule has 0 radical (unpaired) electrons. The second-order valence-electron chi connectivity index (χ2n) is 5.04. The summed E-state index contributed by atoms with van der Waals surface area (Å²) < 4.78 is 0. The van der Waals surface area contributed by atoms with E-state index in [0.717, 1.165) is 24.4 Å². The van der Waals surface area contributed by atoms with Gasteiger partial charge in [-0.25, -0.2) is 0 Å². The van der Waals surface area contributed by atoms with Crippen molar-refractivity contribution >= 4 is 17.0 Å². The number of aliphatic hydroxyl groups is 1. The van der Waals surface area contributed by atoms with Crippen molar-refractivity contribution in [2.45, 2.75) is 25.4 Å². The number of rotatable bonds is 4. The number of anilines is 1. The van der Waals surface area contributed by atoms with E-state index < -0.39 is 0 Å². The Morgan fingerprint density at radius 3 is 2.95 bits per heavy atom. The molecule has 0 fully saturated rings. The average molecular weight is 273 g/mol. The summed E-state index contributed by atoms with van der Waals surface area (Å²) >= 11 is 1.63. The first-order valence-electron chi connectivity index (χ1n) is 6.89. The molecular weight excluding hydrogens is 254 g/mol. The van der Waals surface area contributed by atoms with E-state index >= 15 is 0 Å². The van der Waals surface area contributed by atoms with Crippen molar-refractivity contribution in [3.05, 3.63) is 52.2 Å². The molecule has 0 aliphatic carbocycles. The molecule has 2 nitrogen and oxygen atoms in total. The molecule has 1 atom stereocenters. The molecule has 19 heavy (non-hydrogen) atoms. The maximum absolute atomic E-state index is 10.2. The Bertz CT molecular complexity index is 523. The molecule has 2 aromatic rings. The Balaban J connectivity index is 1.65. The van der Waals surface area contributed by atoms with Gasteiger partial charge in [-0.05, 0) is 42.3 Å². The van der Waals surface area contributed by atoms with Gasteiger partial charge in [0.25, 0.3) is 0 Å². The number of nitrogens with zero attached hydrogens (tertiary/aromatic N) is 1. The van der Waals surface area contributed by atoms with Crippen molar-refractivity contribution in [3.8, 4) is 0 Å². The van der Waals surface area contributed by atoms with Crippen LogP contribution in [0.4, 0.5) is 5.69 Å². The lowest BCUT2D eigenvalue weighted by atomic mass is 10.0. The van der Waals surface area contributed by atoms with Crippen LogP contribution in [0.3, 0.4) is 0 Å². The van der Waals surface area contributed by atoms with Gasteiger partial charge >= 0.3 is 0 Å². The minimum atomic E-state index is -0.325. The molecule has 0 saturated carbocycles. The third-order valence-electron chi connectivity index (χ3n) is 3.75. The SMILES string of the molecule is OC(CCN1CCCc2ccccc21)c1cccs1. The first kappa shape index (κ1) is 12.7. The molecule has 1 aliphatic heterocycles. The van der Waals surface area contributed by atoms with Crippen LogP contribution in [0.2, 0.25) is 0 Å². The maximum atomic E-state index is 10.2. The minimum Gasteiger partial charge on any atom is -0.388 e. The molecule has 0 amide bonds. The van der Waals surface area contributed by atoms with E-state index in [9.17, 15) is 5.11 Å². The smallest absolute Gasteiger partial charge is 0.0898 e. The van der Waals surface area contributed by atoms with E-state index in [1.165, 1.54) is 24.1 Å². The summed E-state index contributed by atoms with van der Waals surface area (Å²) in [6, 6.07) is 12.7. The number of hydrogen-bond acceptors (Lipinski definition) is 3. The van der Waals surface area contributed by atoms with E-state index in [1.807, 2.05) is 17.5 Å². The molecule has 2 heterocycles. The third kappa shape index (κ3) is 2.82. The first-order valence-corrected chi connectivity index (χ1v) is 7.77. The van der Waals surface area contributed by atoms with Gasteiger partial charge in [-0.1, -0.05) is 24.3 Å². The van der Waals surface area contributed by atoms with Crippen LogP contribution in [0.1, 0.15) is 29.4 Å². The Hall–Kier alpha value is -1.32. The molecule has 3 rings (SSSR count). The third-order valence-corrected chi connectivity index (χ3v) is 4.72. The first-order chi connectivity index (χ1) is 9.34. The number of thiophene rings is 1. The highest BCUT2D eigenvalue weighted by Crippen LogP contribution is 2.28. The van der Waals surface area contributed by atoms with Crippen LogP contribution in [0.5, 0.6) is 0 Å². The quantitative estimate of drug-likeness (QED) is 0.919. The summed E-state index contributed by atoms with van der Waals surface area (Å²) in [4.78, 5) is 3.49. The molecule has 1 aliphatic rings. The van der Waals surface area contributed by atoms with Gasteiger partial charge in [-0.2, -0.15) is 0 Å². The van der Waals surface area contributed by atoms with Gasteiger partial charge in [0.2, 0.25) is 0 Å². The molecule has 1 aromatic carbocycles. The largest absolute Gasteiger partial charge is 0.388 e. The van der Waals surface area contributed by atoms with Crippen molar-refractivity contribution in [2.24, 2.45) is 0 Å². The lowest BCUT2D eigenvalue weighted by molar-refractivity contribution is 0.173. The predicted octanol–water partition coefficient (Wildman–Crippen LogP) is 3.62. The summed E-state index contributed by atoms with van der Waals surface area (Å²) in [5, 5.41) is 12.2. The van der Waals surface area contributed by atoms with Crippen LogP contribution in [-0.4, -0.2) is 18.2 Å². The van der Waals surface area contributed by atoms with Gasteiger partial charge in [-0.15, -0.1) is 11.3 Å². The summed E-state index contributed by atoms with van der Waals surface area (Å²) in [5.74, 6) is 0. The lowest BCUT2D eigenvalue weighted by Gasteiger charge is -2.31. The summed E-state index contributed by atoms with van der Waals surface area (Å²) in [5.41, 5.74) is 2.80. The van der Waals surface area contributed by atoms with Crippen LogP contribution >= 0.6 is 11.3 Å². The Labute approximate surface area is 118 Å². The molecular formula is C16H19NOS. The Morgan fingerprint density at radius 2 is 2.11 bits per heavy atom. The summed E-state index contributed by atoms with van der Waals surface area (Å²) in [6.45, 7) is 2.03. The topological polar surface area (TPSA) is 23.5 Å². The molecule has 0 bridgehead atoms. The van der Waals surface area contributed by atoms with Crippen LogP contribution in [-0.2, 0) is 6.42 Å². The molecule has 0 saturated heterocycles. The van der Waals surface area contributed by atoms with Crippen LogP contribution in [0.15, 0.2) is 41.8 Å². The van der Waals surface area contributed by atoms with Crippen LogP contribution in [0.25, 0.3) is 0 Å². The molecule has 0 spiro atoms. The Kier molecular flexibility index (Phi) is 3.85. The second-order valence-corrected chi connectivity index (χ2v) is 6.02. The summed E-state index contributed by atoms with van der Waals surface area (Å²) in [7, 11) is 0. The van der Waals surface area contributed by atoms with Gasteiger partial charge in [0, 0.05) is 23.7 Å². The number of benzene rings is 1. The molecule has 1 aromatic heterocycles. The lowest BCUT2D eigenvalue weighted by Crippen LogP contribution is -2.31. The standard InChI is InChI=1S/C16H19NOS/c18-15(16-8-4-12-19-16)9-11-17-10-3-6-13-5-1-2-7-14(13)17/h1-2,4-5,7-8,12,15,18H,3,6,9-11H2. The molecule has 100 valence electrons. The fourth-order valence-corrected chi connectivity index (χ4v) is 3.49. The van der Waals surface area contributed by atoms with Gasteiger partial charge in [0.15, 0.2) is 0 Å². The van der Waals surface area contributed by atoms with E-state index in [1.54, 1.807) is 11.3 Å². The van der Waals surface area contributed by atoms with Gasteiger partial charge in [-0.3, -0.25) is 0 Å². The highest BCUT2D eigenvalue weighted by atomic mass is 32.1. The normalized spacial score (nSPS) is 16.2. The highest BCUT2D eigenvalue weighted by molar-refractivity contribution is 7.10. The molecule has 1 unspecified atom stereocenters. The van der Waals surface area contributed by atoms with Crippen molar-refractivity contribution in [1.82, 2.24) is 0 Å². The fourth-order valence-electron chi connectivity index (χ4n) is 2.75. The number of hydrogen-bond donors (Lipinski definition) is 1. The zero-order valence-corrected chi connectivity index (χ0v) is 11.8. The number of aryl methyl sites for hydroxylation is 1. The van der Waals surface area contributed by atoms with Crippen molar-refractivity contribution in [3.63, 3.8) is 0 Å². The van der Waals surface area contributed by atoms with Gasteiger partial charge < -0.3 is 10.0 Å². The number of fused-ring (bicyclic) bond motifs is 1. The van der Waals surface area contributed by atoms with Crippen molar-refractivity contribution < 1.29 is 5.11 Å². The maximum Gasteiger partial charge on any atom is 0.0898 e. The second kappa shape index (κ2) is 5.76. The highest BCUT2D eigenvalue weighted by Gasteiger charge is 2.17. The van der Waals surface area contributed by atoms with Crippen molar-refractivity contribution in [1.29, 1.82) is 0 Å². The van der Waals surface area contributed by atoms with E-state index in [4.69, 9.17) is 0 Å². The average Bonchev–Trinajstić information content (AvgIpc) is 2.99. The molecule has 1 N–H and O–H groups in total. The fraction of sp³-hybridized carbons (Fsp3) is 0.375. The van der Waals surface area contributed by atoms with Crippen LogP contribution < -0.4 is 4.90 Å². The number of para-hydroxylation sites is 1.